The van der Waals surface area contributed by atoms with Gasteiger partial charge in [-0.15, -0.1) is 0 Å². The van der Waals surface area contributed by atoms with Crippen molar-refractivity contribution < 1.29 is 5.11 Å². The molecule has 0 aliphatic rings. The zero-order chi connectivity index (χ0) is 13.4. The standard InChI is InChI=1S/C14H15N3O/c1-8-6-11(18)4-5-13(8)17-10(3)9(2)12(7-15)14(17)16/h4-6,18H,16H2,1-3H3. The summed E-state index contributed by atoms with van der Waals surface area (Å²) in [6, 6.07) is 7.22. The highest BCUT2D eigenvalue weighted by atomic mass is 16.3. The molecule has 3 N–H and O–H groups in total. The van der Waals surface area contributed by atoms with Crippen LogP contribution >= 0.6 is 0 Å². The van der Waals surface area contributed by atoms with Gasteiger partial charge in [-0.1, -0.05) is 0 Å². The molecule has 92 valence electrons. The number of aromatic hydroxyl groups is 1. The predicted molar refractivity (Wildman–Crippen MR) is 70.8 cm³/mol. The minimum Gasteiger partial charge on any atom is -0.508 e. The average Bonchev–Trinajstić information content (AvgIpc) is 2.52. The van der Waals surface area contributed by atoms with Gasteiger partial charge in [0.25, 0.3) is 0 Å². The van der Waals surface area contributed by atoms with E-state index in [-0.39, 0.29) is 5.75 Å². The molecule has 2 aromatic rings. The predicted octanol–water partition coefficient (Wildman–Crippen LogP) is 2.56. The van der Waals surface area contributed by atoms with Crippen LogP contribution in [0.15, 0.2) is 18.2 Å². The molecule has 0 radical (unpaired) electrons. The summed E-state index contributed by atoms with van der Waals surface area (Å²) in [7, 11) is 0. The molecule has 18 heavy (non-hydrogen) atoms. The van der Waals surface area contributed by atoms with Gasteiger partial charge in [-0.3, -0.25) is 4.57 Å². The van der Waals surface area contributed by atoms with E-state index in [1.54, 1.807) is 18.2 Å². The van der Waals surface area contributed by atoms with Crippen molar-refractivity contribution in [1.29, 1.82) is 5.26 Å². The fourth-order valence-corrected chi connectivity index (χ4v) is 2.18. The van der Waals surface area contributed by atoms with Crippen molar-refractivity contribution in [2.45, 2.75) is 20.8 Å². The molecule has 0 aliphatic carbocycles. The molecule has 0 saturated carbocycles. The first-order valence-electron chi connectivity index (χ1n) is 5.64. The molecular weight excluding hydrogens is 226 g/mol. The number of nitrogens with zero attached hydrogens (tertiary/aromatic N) is 2. The monoisotopic (exact) mass is 241 g/mol. The van der Waals surface area contributed by atoms with E-state index in [0.29, 0.717) is 11.4 Å². The molecule has 2 rings (SSSR count). The molecule has 0 aliphatic heterocycles. The second kappa shape index (κ2) is 4.11. The first kappa shape index (κ1) is 12.1. The van der Waals surface area contributed by atoms with Crippen LogP contribution in [0.25, 0.3) is 5.69 Å². The number of aryl methyl sites for hydroxylation is 1. The number of phenolic OH excluding ortho intramolecular Hbond substituents is 1. The molecule has 0 unspecified atom stereocenters. The van der Waals surface area contributed by atoms with Crippen LogP contribution < -0.4 is 5.73 Å². The van der Waals surface area contributed by atoms with E-state index in [1.165, 1.54) is 0 Å². The summed E-state index contributed by atoms with van der Waals surface area (Å²) in [6.45, 7) is 5.71. The maximum Gasteiger partial charge on any atom is 0.126 e. The van der Waals surface area contributed by atoms with Crippen molar-refractivity contribution in [3.63, 3.8) is 0 Å². The Morgan fingerprint density at radius 2 is 1.94 bits per heavy atom. The van der Waals surface area contributed by atoms with Crippen LogP contribution in [0.4, 0.5) is 5.82 Å². The Balaban J connectivity index is 2.77. The number of nitrogen functional groups attached to an aromatic ring is 1. The van der Waals surface area contributed by atoms with Crippen molar-refractivity contribution in [2.24, 2.45) is 0 Å². The van der Waals surface area contributed by atoms with E-state index in [2.05, 4.69) is 6.07 Å². The van der Waals surface area contributed by atoms with Crippen LogP contribution in [0, 0.1) is 32.1 Å². The lowest BCUT2D eigenvalue weighted by molar-refractivity contribution is 0.475. The number of phenols is 1. The maximum atomic E-state index is 9.44. The molecule has 0 spiro atoms. The Kier molecular flexibility index (Phi) is 2.76. The van der Waals surface area contributed by atoms with Crippen LogP contribution in [0.1, 0.15) is 22.4 Å². The number of benzene rings is 1. The molecule has 0 fully saturated rings. The third-order valence-electron chi connectivity index (χ3n) is 3.28. The third-order valence-corrected chi connectivity index (χ3v) is 3.28. The van der Waals surface area contributed by atoms with Gasteiger partial charge in [0.15, 0.2) is 0 Å². The van der Waals surface area contributed by atoms with Gasteiger partial charge in [0, 0.05) is 5.69 Å². The molecule has 4 heteroatoms. The Morgan fingerprint density at radius 3 is 2.44 bits per heavy atom. The second-order valence-electron chi connectivity index (χ2n) is 4.39. The van der Waals surface area contributed by atoms with Gasteiger partial charge in [-0.2, -0.15) is 5.26 Å². The Hall–Kier alpha value is -2.41. The number of nitrogens with two attached hydrogens (primary N) is 1. The first-order valence-corrected chi connectivity index (χ1v) is 5.64. The van der Waals surface area contributed by atoms with E-state index >= 15 is 0 Å². The summed E-state index contributed by atoms with van der Waals surface area (Å²) in [5.74, 6) is 0.665. The van der Waals surface area contributed by atoms with Gasteiger partial charge in [0.05, 0.1) is 11.3 Å². The van der Waals surface area contributed by atoms with Gasteiger partial charge in [0.1, 0.15) is 17.6 Å². The molecule has 0 bridgehead atoms. The SMILES string of the molecule is Cc1cc(O)ccc1-n1c(C)c(C)c(C#N)c1N. The van der Waals surface area contributed by atoms with Gasteiger partial charge in [-0.25, -0.2) is 0 Å². The average molecular weight is 241 g/mol. The summed E-state index contributed by atoms with van der Waals surface area (Å²) in [5.41, 5.74) is 10.2. The maximum absolute atomic E-state index is 9.44. The van der Waals surface area contributed by atoms with Crippen LogP contribution in [-0.2, 0) is 0 Å². The summed E-state index contributed by atoms with van der Waals surface area (Å²) in [5, 5.41) is 18.6. The minimum atomic E-state index is 0.219. The first-order chi connectivity index (χ1) is 8.47. The molecular formula is C14H15N3O. The molecule has 0 saturated heterocycles. The summed E-state index contributed by atoms with van der Waals surface area (Å²) in [6.07, 6.45) is 0. The molecule has 4 nitrogen and oxygen atoms in total. The molecule has 1 heterocycles. The highest BCUT2D eigenvalue weighted by Gasteiger charge is 2.17. The summed E-state index contributed by atoms with van der Waals surface area (Å²) < 4.78 is 1.85. The molecule has 1 aromatic carbocycles. The van der Waals surface area contributed by atoms with Gasteiger partial charge < -0.3 is 10.8 Å². The molecule has 0 atom stereocenters. The van der Waals surface area contributed by atoms with E-state index in [1.807, 2.05) is 25.3 Å². The lowest BCUT2D eigenvalue weighted by Crippen LogP contribution is -2.04. The molecule has 0 amide bonds. The zero-order valence-electron chi connectivity index (χ0n) is 10.7. The second-order valence-corrected chi connectivity index (χ2v) is 4.39. The van der Waals surface area contributed by atoms with Crippen molar-refractivity contribution in [1.82, 2.24) is 4.57 Å². The highest BCUT2D eigenvalue weighted by Crippen LogP contribution is 2.30. The Labute approximate surface area is 106 Å². The number of aromatic nitrogens is 1. The number of hydrogen-bond donors (Lipinski definition) is 2. The zero-order valence-corrected chi connectivity index (χ0v) is 10.7. The van der Waals surface area contributed by atoms with Crippen LogP contribution in [0.5, 0.6) is 5.75 Å². The number of nitriles is 1. The van der Waals surface area contributed by atoms with Crippen LogP contribution in [0.2, 0.25) is 0 Å². The lowest BCUT2D eigenvalue weighted by Gasteiger charge is -2.12. The quantitative estimate of drug-likeness (QED) is 0.805. The van der Waals surface area contributed by atoms with E-state index in [4.69, 9.17) is 11.0 Å². The van der Waals surface area contributed by atoms with Gasteiger partial charge in [-0.05, 0) is 50.1 Å². The summed E-state index contributed by atoms with van der Waals surface area (Å²) >= 11 is 0. The van der Waals surface area contributed by atoms with Gasteiger partial charge in [0.2, 0.25) is 0 Å². The number of anilines is 1. The van der Waals surface area contributed by atoms with Gasteiger partial charge >= 0.3 is 0 Å². The van der Waals surface area contributed by atoms with Crippen LogP contribution in [-0.4, -0.2) is 9.67 Å². The van der Waals surface area contributed by atoms with E-state index < -0.39 is 0 Å². The fourth-order valence-electron chi connectivity index (χ4n) is 2.18. The lowest BCUT2D eigenvalue weighted by atomic mass is 10.2. The smallest absolute Gasteiger partial charge is 0.126 e. The minimum absolute atomic E-state index is 0.219. The molecule has 1 aromatic heterocycles. The Morgan fingerprint density at radius 1 is 1.28 bits per heavy atom. The van der Waals surface area contributed by atoms with Crippen molar-refractivity contribution in [3.8, 4) is 17.5 Å². The topological polar surface area (TPSA) is 75.0 Å². The van der Waals surface area contributed by atoms with Crippen molar-refractivity contribution in [2.75, 3.05) is 5.73 Å². The normalized spacial score (nSPS) is 10.3. The number of rotatable bonds is 1. The largest absolute Gasteiger partial charge is 0.508 e. The van der Waals surface area contributed by atoms with E-state index in [0.717, 1.165) is 22.5 Å². The number of hydrogen-bond acceptors (Lipinski definition) is 3. The Bertz CT molecular complexity index is 663. The summed E-state index contributed by atoms with van der Waals surface area (Å²) in [4.78, 5) is 0. The van der Waals surface area contributed by atoms with E-state index in [9.17, 15) is 5.11 Å². The van der Waals surface area contributed by atoms with Crippen molar-refractivity contribution >= 4 is 5.82 Å². The fraction of sp³-hybridized carbons (Fsp3) is 0.214. The third kappa shape index (κ3) is 1.61. The van der Waals surface area contributed by atoms with Crippen LogP contribution in [0.3, 0.4) is 0 Å². The highest BCUT2D eigenvalue weighted by molar-refractivity contribution is 5.63. The van der Waals surface area contributed by atoms with Crippen molar-refractivity contribution in [3.05, 3.63) is 40.6 Å².